The van der Waals surface area contributed by atoms with Crippen LogP contribution in [0.3, 0.4) is 0 Å². The molecule has 5 heteroatoms. The van der Waals surface area contributed by atoms with Crippen molar-refractivity contribution in [1.82, 2.24) is 4.98 Å². The lowest BCUT2D eigenvalue weighted by molar-refractivity contribution is -0.118. The molecule has 0 saturated carbocycles. The summed E-state index contributed by atoms with van der Waals surface area (Å²) in [5.74, 6) is 0.317. The molecular weight excluding hydrogens is 252 g/mol. The quantitative estimate of drug-likeness (QED) is 0.776. The van der Waals surface area contributed by atoms with E-state index in [1.165, 1.54) is 0 Å². The number of halogens is 1. The average Bonchev–Trinajstić information content (AvgIpc) is 2.52. The maximum atomic E-state index is 11.2. The van der Waals surface area contributed by atoms with Crippen molar-refractivity contribution in [3.05, 3.63) is 9.98 Å². The van der Waals surface area contributed by atoms with E-state index in [1.807, 2.05) is 10.3 Å². The molecule has 2 rings (SSSR count). The number of Topliss-reactive ketones (excluding diaryl/α,β-unsaturated/α-hetero) is 1. The standard InChI is InChI=1S/C8H9BrN2OS/c9-7-5-13-8(10-7)11-3-1-2-6(12)4-11/h5H,1-4H2. The summed E-state index contributed by atoms with van der Waals surface area (Å²) in [5, 5.41) is 2.88. The fourth-order valence-corrected chi connectivity index (χ4v) is 2.67. The normalized spacial score (nSPS) is 17.9. The van der Waals surface area contributed by atoms with Gasteiger partial charge in [-0.2, -0.15) is 0 Å². The summed E-state index contributed by atoms with van der Waals surface area (Å²) in [5.41, 5.74) is 0. The number of ketones is 1. The van der Waals surface area contributed by atoms with Crippen LogP contribution in [0, 0.1) is 0 Å². The zero-order valence-electron chi connectivity index (χ0n) is 6.99. The minimum absolute atomic E-state index is 0.317. The van der Waals surface area contributed by atoms with E-state index in [4.69, 9.17) is 0 Å². The first-order valence-corrected chi connectivity index (χ1v) is 5.80. The van der Waals surface area contributed by atoms with Gasteiger partial charge in [-0.05, 0) is 22.4 Å². The summed E-state index contributed by atoms with van der Waals surface area (Å²) < 4.78 is 0.852. The van der Waals surface area contributed by atoms with E-state index in [2.05, 4.69) is 20.9 Å². The zero-order valence-corrected chi connectivity index (χ0v) is 9.40. The van der Waals surface area contributed by atoms with E-state index in [0.717, 1.165) is 29.1 Å². The Hall–Kier alpha value is -0.420. The molecule has 1 aliphatic rings. The number of hydrogen-bond donors (Lipinski definition) is 0. The first-order valence-electron chi connectivity index (χ1n) is 4.13. The zero-order chi connectivity index (χ0) is 9.26. The van der Waals surface area contributed by atoms with Crippen molar-refractivity contribution >= 4 is 38.2 Å². The van der Waals surface area contributed by atoms with Crippen LogP contribution in [0.4, 0.5) is 5.13 Å². The molecule has 0 amide bonds. The van der Waals surface area contributed by atoms with Gasteiger partial charge in [0.15, 0.2) is 10.9 Å². The van der Waals surface area contributed by atoms with Crippen molar-refractivity contribution < 1.29 is 4.79 Å². The molecule has 0 N–H and O–H groups in total. The second kappa shape index (κ2) is 3.75. The summed E-state index contributed by atoms with van der Waals surface area (Å²) in [6, 6.07) is 0. The summed E-state index contributed by atoms with van der Waals surface area (Å²) in [6.07, 6.45) is 1.68. The highest BCUT2D eigenvalue weighted by Gasteiger charge is 2.18. The molecule has 3 nitrogen and oxygen atoms in total. The van der Waals surface area contributed by atoms with Crippen LogP contribution in [-0.4, -0.2) is 23.9 Å². The number of carbonyl (C=O) groups is 1. The molecule has 0 atom stereocenters. The first kappa shape index (κ1) is 9.15. The molecule has 0 aromatic carbocycles. The predicted octanol–water partition coefficient (Wildman–Crippen LogP) is 2.07. The lowest BCUT2D eigenvalue weighted by atomic mass is 10.1. The van der Waals surface area contributed by atoms with Gasteiger partial charge in [0, 0.05) is 18.3 Å². The molecule has 1 fully saturated rings. The van der Waals surface area contributed by atoms with Gasteiger partial charge >= 0.3 is 0 Å². The molecule has 2 heterocycles. The van der Waals surface area contributed by atoms with Crippen LogP contribution >= 0.6 is 27.3 Å². The van der Waals surface area contributed by atoms with E-state index in [0.29, 0.717) is 12.3 Å². The van der Waals surface area contributed by atoms with Gasteiger partial charge in [0.05, 0.1) is 6.54 Å². The number of thiazole rings is 1. The minimum atomic E-state index is 0.317. The Labute approximate surface area is 88.9 Å². The van der Waals surface area contributed by atoms with E-state index < -0.39 is 0 Å². The fraction of sp³-hybridized carbons (Fsp3) is 0.500. The smallest absolute Gasteiger partial charge is 0.186 e. The Kier molecular flexibility index (Phi) is 2.64. The van der Waals surface area contributed by atoms with E-state index in [9.17, 15) is 4.79 Å². The highest BCUT2D eigenvalue weighted by Crippen LogP contribution is 2.25. The van der Waals surface area contributed by atoms with Crippen LogP contribution in [0.5, 0.6) is 0 Å². The van der Waals surface area contributed by atoms with Gasteiger partial charge in [0.25, 0.3) is 0 Å². The van der Waals surface area contributed by atoms with Crippen molar-refractivity contribution in [1.29, 1.82) is 0 Å². The van der Waals surface area contributed by atoms with Crippen LogP contribution in [0.25, 0.3) is 0 Å². The molecule has 70 valence electrons. The number of anilines is 1. The fourth-order valence-electron chi connectivity index (χ4n) is 1.39. The van der Waals surface area contributed by atoms with Gasteiger partial charge in [-0.15, -0.1) is 11.3 Å². The lowest BCUT2D eigenvalue weighted by Crippen LogP contribution is -2.35. The van der Waals surface area contributed by atoms with Crippen molar-refractivity contribution in [3.8, 4) is 0 Å². The SMILES string of the molecule is O=C1CCCN(c2nc(Br)cs2)C1. The van der Waals surface area contributed by atoms with Gasteiger partial charge in [-0.1, -0.05) is 0 Å². The van der Waals surface area contributed by atoms with Crippen LogP contribution in [-0.2, 0) is 4.79 Å². The molecular formula is C8H9BrN2OS. The molecule has 0 spiro atoms. The van der Waals surface area contributed by atoms with Crippen LogP contribution in [0.15, 0.2) is 9.98 Å². The molecule has 0 radical (unpaired) electrons. The summed E-state index contributed by atoms with van der Waals surface area (Å²) >= 11 is 4.88. The summed E-state index contributed by atoms with van der Waals surface area (Å²) in [6.45, 7) is 1.48. The van der Waals surface area contributed by atoms with E-state index in [-0.39, 0.29) is 0 Å². The molecule has 1 aliphatic heterocycles. The number of nitrogens with zero attached hydrogens (tertiary/aromatic N) is 2. The Morgan fingerprint density at radius 1 is 1.62 bits per heavy atom. The van der Waals surface area contributed by atoms with Gasteiger partial charge in [-0.25, -0.2) is 4.98 Å². The third-order valence-electron chi connectivity index (χ3n) is 1.99. The minimum Gasteiger partial charge on any atom is -0.341 e. The predicted molar refractivity (Wildman–Crippen MR) is 56.3 cm³/mol. The average molecular weight is 261 g/mol. The molecule has 0 unspecified atom stereocenters. The van der Waals surface area contributed by atoms with Crippen molar-refractivity contribution in [2.24, 2.45) is 0 Å². The van der Waals surface area contributed by atoms with Gasteiger partial charge in [0.2, 0.25) is 0 Å². The monoisotopic (exact) mass is 260 g/mol. The highest BCUT2D eigenvalue weighted by atomic mass is 79.9. The molecule has 1 aromatic heterocycles. The van der Waals surface area contributed by atoms with Crippen molar-refractivity contribution in [2.75, 3.05) is 18.0 Å². The lowest BCUT2D eigenvalue weighted by Gasteiger charge is -2.24. The van der Waals surface area contributed by atoms with E-state index in [1.54, 1.807) is 11.3 Å². The summed E-state index contributed by atoms with van der Waals surface area (Å²) in [4.78, 5) is 17.5. The van der Waals surface area contributed by atoms with Crippen LogP contribution in [0.1, 0.15) is 12.8 Å². The van der Waals surface area contributed by atoms with E-state index >= 15 is 0 Å². The Balaban J connectivity index is 2.12. The second-order valence-corrected chi connectivity index (χ2v) is 4.67. The topological polar surface area (TPSA) is 33.2 Å². The largest absolute Gasteiger partial charge is 0.341 e. The van der Waals surface area contributed by atoms with Crippen molar-refractivity contribution in [3.63, 3.8) is 0 Å². The number of rotatable bonds is 1. The molecule has 1 saturated heterocycles. The van der Waals surface area contributed by atoms with Gasteiger partial charge in [-0.3, -0.25) is 4.79 Å². The summed E-state index contributed by atoms with van der Waals surface area (Å²) in [7, 11) is 0. The van der Waals surface area contributed by atoms with Crippen LogP contribution in [0.2, 0.25) is 0 Å². The maximum Gasteiger partial charge on any atom is 0.186 e. The Morgan fingerprint density at radius 2 is 2.46 bits per heavy atom. The Bertz CT molecular complexity index is 326. The van der Waals surface area contributed by atoms with Gasteiger partial charge < -0.3 is 4.90 Å². The van der Waals surface area contributed by atoms with Crippen LogP contribution < -0.4 is 4.90 Å². The number of hydrogen-bond acceptors (Lipinski definition) is 4. The van der Waals surface area contributed by atoms with Gasteiger partial charge in [0.1, 0.15) is 4.60 Å². The number of aromatic nitrogens is 1. The van der Waals surface area contributed by atoms with Crippen molar-refractivity contribution in [2.45, 2.75) is 12.8 Å². The molecule has 0 aliphatic carbocycles. The third kappa shape index (κ3) is 2.08. The number of carbonyl (C=O) groups excluding carboxylic acids is 1. The maximum absolute atomic E-state index is 11.2. The molecule has 0 bridgehead atoms. The molecule has 13 heavy (non-hydrogen) atoms. The third-order valence-corrected chi connectivity index (χ3v) is 3.60. The first-order chi connectivity index (χ1) is 6.25. The highest BCUT2D eigenvalue weighted by molar-refractivity contribution is 9.10. The second-order valence-electron chi connectivity index (χ2n) is 3.02. The number of piperidine rings is 1. The Morgan fingerprint density at radius 3 is 3.08 bits per heavy atom. The molecule has 1 aromatic rings.